The molecule has 0 saturated carbocycles. The van der Waals surface area contributed by atoms with Crippen LogP contribution in [0.25, 0.3) is 0 Å². The minimum Gasteiger partial charge on any atom is -0.491 e. The number of nitrogens with zero attached hydrogens (tertiary/aromatic N) is 3. The van der Waals surface area contributed by atoms with Gasteiger partial charge in [0.25, 0.3) is 5.91 Å². The molecular weight excluding hydrogens is 543 g/mol. The third-order valence-corrected chi connectivity index (χ3v) is 5.90. The molecule has 0 fully saturated rings. The van der Waals surface area contributed by atoms with Gasteiger partial charge in [-0.05, 0) is 30.7 Å². The minimum absolute atomic E-state index is 0.0195. The number of methoxy groups -OCH3 is 1. The standard InChI is InChI=1S/C27H26ClFN6O5/c1-3-10-30-25(36)18-6-4-7-20(29)23(18)33-24-19(28)16-31-26(34-24)32-17-8-9-21-22(15-17)39-12-5-11-35(21)27(37)40-14-13-38-2/h1,4,6-9,15-16H,5,10-14H2,2H3,(H,30,36)(H2,31,32,33,34). The fourth-order valence-electron chi connectivity index (χ4n) is 3.77. The number of aromatic nitrogens is 2. The SMILES string of the molecule is C#CCNC(=O)c1cccc(F)c1Nc1nc(Nc2ccc3c(c2)OCCCN3C(=O)OCCOC)ncc1Cl. The Labute approximate surface area is 235 Å². The lowest BCUT2D eigenvalue weighted by Gasteiger charge is -2.21. The van der Waals surface area contributed by atoms with E-state index in [1.807, 2.05) is 0 Å². The molecule has 208 valence electrons. The first kappa shape index (κ1) is 28.4. The van der Waals surface area contributed by atoms with Gasteiger partial charge < -0.3 is 30.2 Å². The van der Waals surface area contributed by atoms with Gasteiger partial charge in [-0.25, -0.2) is 14.2 Å². The highest BCUT2D eigenvalue weighted by Crippen LogP contribution is 2.35. The van der Waals surface area contributed by atoms with Gasteiger partial charge in [-0.2, -0.15) is 4.98 Å². The molecule has 1 aliphatic rings. The van der Waals surface area contributed by atoms with E-state index in [1.165, 1.54) is 36.4 Å². The number of hydrogen-bond acceptors (Lipinski definition) is 9. The average molecular weight is 569 g/mol. The maximum Gasteiger partial charge on any atom is 0.414 e. The molecule has 2 heterocycles. The molecule has 0 radical (unpaired) electrons. The first-order valence-electron chi connectivity index (χ1n) is 12.2. The van der Waals surface area contributed by atoms with E-state index in [9.17, 15) is 14.0 Å². The highest BCUT2D eigenvalue weighted by molar-refractivity contribution is 6.33. The molecule has 2 aromatic carbocycles. The van der Waals surface area contributed by atoms with Crippen molar-refractivity contribution in [1.29, 1.82) is 0 Å². The molecular formula is C27H26ClFN6O5. The Bertz CT molecular complexity index is 1430. The molecule has 0 atom stereocenters. The van der Waals surface area contributed by atoms with E-state index in [1.54, 1.807) is 18.2 Å². The summed E-state index contributed by atoms with van der Waals surface area (Å²) in [6.45, 7) is 1.24. The number of hydrogen-bond donors (Lipinski definition) is 3. The summed E-state index contributed by atoms with van der Waals surface area (Å²) in [4.78, 5) is 35.1. The number of nitrogens with one attached hydrogen (secondary N) is 3. The van der Waals surface area contributed by atoms with E-state index >= 15 is 0 Å². The smallest absolute Gasteiger partial charge is 0.414 e. The van der Waals surface area contributed by atoms with Gasteiger partial charge in [-0.3, -0.25) is 9.69 Å². The zero-order valence-electron chi connectivity index (χ0n) is 21.5. The number of terminal acetylenes is 1. The fraction of sp³-hybridized carbons (Fsp3) is 0.259. The van der Waals surface area contributed by atoms with Crippen LogP contribution >= 0.6 is 11.6 Å². The summed E-state index contributed by atoms with van der Waals surface area (Å²) in [6.07, 6.45) is 6.65. The van der Waals surface area contributed by atoms with Crippen molar-refractivity contribution >= 4 is 52.4 Å². The molecule has 3 N–H and O–H groups in total. The molecule has 0 bridgehead atoms. The molecule has 0 aliphatic carbocycles. The molecule has 1 aromatic heterocycles. The zero-order valence-corrected chi connectivity index (χ0v) is 22.3. The van der Waals surface area contributed by atoms with Crippen molar-refractivity contribution in [3.8, 4) is 18.1 Å². The number of rotatable bonds is 9. The number of carbonyl (C=O) groups excluding carboxylic acids is 2. The molecule has 0 unspecified atom stereocenters. The van der Waals surface area contributed by atoms with Gasteiger partial charge in [0, 0.05) is 25.4 Å². The third-order valence-electron chi connectivity index (χ3n) is 5.62. The van der Waals surface area contributed by atoms with E-state index in [2.05, 4.69) is 31.8 Å². The van der Waals surface area contributed by atoms with Crippen molar-refractivity contribution in [2.24, 2.45) is 0 Å². The second-order valence-corrected chi connectivity index (χ2v) is 8.74. The van der Waals surface area contributed by atoms with Crippen LogP contribution in [0.5, 0.6) is 5.75 Å². The monoisotopic (exact) mass is 568 g/mol. The van der Waals surface area contributed by atoms with E-state index in [0.717, 1.165) is 0 Å². The van der Waals surface area contributed by atoms with Crippen LogP contribution in [0.15, 0.2) is 42.6 Å². The fourth-order valence-corrected chi connectivity index (χ4v) is 3.90. The van der Waals surface area contributed by atoms with Gasteiger partial charge >= 0.3 is 6.09 Å². The van der Waals surface area contributed by atoms with Crippen LogP contribution in [-0.2, 0) is 9.47 Å². The molecule has 11 nitrogen and oxygen atoms in total. The lowest BCUT2D eigenvalue weighted by Crippen LogP contribution is -2.32. The molecule has 2 amide bonds. The summed E-state index contributed by atoms with van der Waals surface area (Å²) in [5.74, 6) is 1.70. The average Bonchev–Trinajstić information content (AvgIpc) is 3.16. The van der Waals surface area contributed by atoms with Gasteiger partial charge in [-0.15, -0.1) is 6.42 Å². The Balaban J connectivity index is 1.55. The first-order chi connectivity index (χ1) is 19.4. The molecule has 0 saturated heterocycles. The van der Waals surface area contributed by atoms with E-state index in [0.29, 0.717) is 43.3 Å². The van der Waals surface area contributed by atoms with Crippen LogP contribution < -0.4 is 25.6 Å². The summed E-state index contributed by atoms with van der Waals surface area (Å²) in [6, 6.07) is 9.18. The van der Waals surface area contributed by atoms with Crippen molar-refractivity contribution in [1.82, 2.24) is 15.3 Å². The maximum absolute atomic E-state index is 14.7. The third kappa shape index (κ3) is 6.88. The van der Waals surface area contributed by atoms with E-state index in [-0.39, 0.29) is 41.2 Å². The maximum atomic E-state index is 14.7. The Hall–Kier alpha value is -4.60. The van der Waals surface area contributed by atoms with Crippen LogP contribution in [0.4, 0.5) is 38.0 Å². The highest BCUT2D eigenvalue weighted by Gasteiger charge is 2.24. The Kier molecular flexibility index (Phi) is 9.56. The van der Waals surface area contributed by atoms with Crippen molar-refractivity contribution in [2.75, 3.05) is 55.6 Å². The summed E-state index contributed by atoms with van der Waals surface area (Å²) >= 11 is 6.28. The molecule has 4 rings (SSSR count). The van der Waals surface area contributed by atoms with Gasteiger partial charge in [0.15, 0.2) is 5.82 Å². The predicted octanol–water partition coefficient (Wildman–Crippen LogP) is 4.49. The van der Waals surface area contributed by atoms with Gasteiger partial charge in [0.05, 0.1) is 42.9 Å². The number of fused-ring (bicyclic) bond motifs is 1. The van der Waals surface area contributed by atoms with Crippen LogP contribution in [0, 0.1) is 18.2 Å². The predicted molar refractivity (Wildman–Crippen MR) is 148 cm³/mol. The number of carbonyl (C=O) groups is 2. The number of benzene rings is 2. The minimum atomic E-state index is -0.689. The Morgan fingerprint density at radius 1 is 1.25 bits per heavy atom. The van der Waals surface area contributed by atoms with Crippen LogP contribution in [0.3, 0.4) is 0 Å². The van der Waals surface area contributed by atoms with Crippen molar-refractivity contribution in [3.05, 3.63) is 59.0 Å². The second kappa shape index (κ2) is 13.5. The molecule has 1 aliphatic heterocycles. The lowest BCUT2D eigenvalue weighted by molar-refractivity contribution is 0.0959. The van der Waals surface area contributed by atoms with Crippen LogP contribution in [0.1, 0.15) is 16.8 Å². The summed E-state index contributed by atoms with van der Waals surface area (Å²) in [5, 5.41) is 8.43. The normalized spacial score (nSPS) is 12.3. The number of anilines is 5. The Morgan fingerprint density at radius 2 is 2.10 bits per heavy atom. The zero-order chi connectivity index (χ0) is 28.5. The lowest BCUT2D eigenvalue weighted by atomic mass is 10.1. The molecule has 3 aromatic rings. The van der Waals surface area contributed by atoms with Crippen LogP contribution in [-0.4, -0.2) is 62.0 Å². The summed E-state index contributed by atoms with van der Waals surface area (Å²) in [7, 11) is 1.53. The van der Waals surface area contributed by atoms with Crippen molar-refractivity contribution in [3.63, 3.8) is 0 Å². The van der Waals surface area contributed by atoms with Gasteiger partial charge in [0.2, 0.25) is 5.95 Å². The number of halogens is 2. The second-order valence-electron chi connectivity index (χ2n) is 8.33. The number of para-hydroxylation sites is 1. The Morgan fingerprint density at radius 3 is 2.90 bits per heavy atom. The molecule has 13 heteroatoms. The van der Waals surface area contributed by atoms with Crippen molar-refractivity contribution < 1.29 is 28.2 Å². The van der Waals surface area contributed by atoms with Crippen molar-refractivity contribution in [2.45, 2.75) is 6.42 Å². The largest absolute Gasteiger partial charge is 0.491 e. The van der Waals surface area contributed by atoms with Crippen LogP contribution in [0.2, 0.25) is 5.02 Å². The quantitative estimate of drug-likeness (QED) is 0.253. The molecule has 0 spiro atoms. The first-order valence-corrected chi connectivity index (χ1v) is 12.6. The van der Waals surface area contributed by atoms with Gasteiger partial charge in [-0.1, -0.05) is 23.6 Å². The van der Waals surface area contributed by atoms with Gasteiger partial charge in [0.1, 0.15) is 23.2 Å². The summed E-state index contributed by atoms with van der Waals surface area (Å²) < 4.78 is 30.8. The van der Waals surface area contributed by atoms with E-state index in [4.69, 9.17) is 32.2 Å². The highest BCUT2D eigenvalue weighted by atomic mass is 35.5. The van der Waals surface area contributed by atoms with E-state index < -0.39 is 17.8 Å². The topological polar surface area (TPSA) is 127 Å². The number of amides is 2. The summed E-state index contributed by atoms with van der Waals surface area (Å²) in [5.41, 5.74) is 1.01. The molecule has 40 heavy (non-hydrogen) atoms. The number of ether oxygens (including phenoxy) is 3.